The van der Waals surface area contributed by atoms with Crippen LogP contribution in [0, 0.1) is 0 Å². The Labute approximate surface area is 134 Å². The molecule has 0 radical (unpaired) electrons. The lowest BCUT2D eigenvalue weighted by Gasteiger charge is -2.42. The van der Waals surface area contributed by atoms with E-state index in [9.17, 15) is 13.2 Å². The van der Waals surface area contributed by atoms with Gasteiger partial charge < -0.3 is 14.4 Å². The molecule has 1 heterocycles. The Bertz CT molecular complexity index is 483. The number of likely N-dealkylation sites (tertiary alicyclic amines) is 1. The molecule has 1 amide bonds. The molecule has 1 fully saturated rings. The molecule has 7 heteroatoms. The lowest BCUT2D eigenvalue weighted by molar-refractivity contribution is -0.0883. The lowest BCUT2D eigenvalue weighted by atomic mass is 9.90. The van der Waals surface area contributed by atoms with Crippen molar-refractivity contribution in [3.63, 3.8) is 0 Å². The maximum Gasteiger partial charge on any atom is 0.410 e. The first-order chi connectivity index (χ1) is 9.96. The van der Waals surface area contributed by atoms with Gasteiger partial charge in [-0.25, -0.2) is 13.2 Å². The fourth-order valence-electron chi connectivity index (χ4n) is 2.50. The second-order valence-corrected chi connectivity index (χ2v) is 9.28. The van der Waals surface area contributed by atoms with Crippen LogP contribution in [0.5, 0.6) is 0 Å². The fourth-order valence-corrected chi connectivity index (χ4v) is 2.88. The second kappa shape index (κ2) is 7.17. The fraction of sp³-hybridized carbons (Fsp3) is 0.933. The van der Waals surface area contributed by atoms with E-state index in [1.54, 1.807) is 4.90 Å². The molecule has 0 aliphatic carbocycles. The molecule has 0 aromatic heterocycles. The number of ether oxygens (including phenoxy) is 2. The zero-order valence-corrected chi connectivity index (χ0v) is 15.2. The van der Waals surface area contributed by atoms with Gasteiger partial charge in [-0.2, -0.15) is 0 Å². The van der Waals surface area contributed by atoms with Crippen molar-refractivity contribution in [2.75, 3.05) is 31.7 Å². The van der Waals surface area contributed by atoms with Crippen molar-refractivity contribution in [2.45, 2.75) is 58.2 Å². The van der Waals surface area contributed by atoms with Crippen molar-refractivity contribution in [1.29, 1.82) is 0 Å². The third-order valence-electron chi connectivity index (χ3n) is 3.70. The Hall–Kier alpha value is -0.820. The Morgan fingerprint density at radius 3 is 2.45 bits per heavy atom. The molecule has 1 unspecified atom stereocenters. The first-order valence-corrected chi connectivity index (χ1v) is 9.82. The third kappa shape index (κ3) is 6.52. The first kappa shape index (κ1) is 19.2. The van der Waals surface area contributed by atoms with E-state index in [4.69, 9.17) is 9.47 Å². The van der Waals surface area contributed by atoms with Gasteiger partial charge in [-0.1, -0.05) is 6.92 Å². The lowest BCUT2D eigenvalue weighted by Crippen LogP contribution is -2.52. The van der Waals surface area contributed by atoms with Crippen LogP contribution >= 0.6 is 0 Å². The maximum absolute atomic E-state index is 12.2. The number of amides is 1. The molecule has 1 atom stereocenters. The van der Waals surface area contributed by atoms with E-state index in [1.807, 2.05) is 27.7 Å². The topological polar surface area (TPSA) is 72.9 Å². The van der Waals surface area contributed by atoms with Gasteiger partial charge in [0.2, 0.25) is 0 Å². The van der Waals surface area contributed by atoms with Crippen molar-refractivity contribution in [2.24, 2.45) is 0 Å². The highest BCUT2D eigenvalue weighted by atomic mass is 32.2. The predicted molar refractivity (Wildman–Crippen MR) is 85.7 cm³/mol. The quantitative estimate of drug-likeness (QED) is 0.770. The van der Waals surface area contributed by atoms with Crippen molar-refractivity contribution < 1.29 is 22.7 Å². The molecule has 0 aromatic carbocycles. The molecule has 22 heavy (non-hydrogen) atoms. The number of nitrogens with zero attached hydrogens (tertiary/aromatic N) is 1. The summed E-state index contributed by atoms with van der Waals surface area (Å²) in [5.74, 6) is 0.00118. The van der Waals surface area contributed by atoms with Crippen molar-refractivity contribution >= 4 is 15.9 Å². The van der Waals surface area contributed by atoms with Crippen LogP contribution in [0.2, 0.25) is 0 Å². The van der Waals surface area contributed by atoms with E-state index in [0.29, 0.717) is 13.1 Å². The largest absolute Gasteiger partial charge is 0.444 e. The summed E-state index contributed by atoms with van der Waals surface area (Å²) in [6.45, 7) is 8.77. The molecule has 1 rings (SSSR count). The number of sulfone groups is 1. The van der Waals surface area contributed by atoms with Gasteiger partial charge >= 0.3 is 6.09 Å². The summed E-state index contributed by atoms with van der Waals surface area (Å²) in [7, 11) is -3.04. The summed E-state index contributed by atoms with van der Waals surface area (Å²) in [6, 6.07) is 0. The van der Waals surface area contributed by atoms with Gasteiger partial charge in [0.25, 0.3) is 0 Å². The number of rotatable bonds is 5. The van der Waals surface area contributed by atoms with Crippen LogP contribution in [0.15, 0.2) is 0 Å². The number of carbonyl (C=O) groups excluding carboxylic acids is 1. The Kier molecular flexibility index (Phi) is 6.27. The van der Waals surface area contributed by atoms with Crippen LogP contribution in [-0.4, -0.2) is 62.3 Å². The minimum absolute atomic E-state index is 0.00118. The summed E-state index contributed by atoms with van der Waals surface area (Å²) >= 11 is 0. The molecule has 1 saturated heterocycles. The monoisotopic (exact) mass is 335 g/mol. The van der Waals surface area contributed by atoms with Crippen molar-refractivity contribution in [3.8, 4) is 0 Å². The van der Waals surface area contributed by atoms with Gasteiger partial charge in [0.05, 0.1) is 24.5 Å². The summed E-state index contributed by atoms with van der Waals surface area (Å²) < 4.78 is 33.7. The Morgan fingerprint density at radius 2 is 1.95 bits per heavy atom. The minimum Gasteiger partial charge on any atom is -0.444 e. The van der Waals surface area contributed by atoms with Crippen LogP contribution in [0.4, 0.5) is 4.79 Å². The molecule has 1 aliphatic rings. The molecule has 0 saturated carbocycles. The Morgan fingerprint density at radius 1 is 1.32 bits per heavy atom. The van der Waals surface area contributed by atoms with E-state index in [2.05, 4.69) is 0 Å². The minimum atomic E-state index is -3.04. The van der Waals surface area contributed by atoms with E-state index in [0.717, 1.165) is 19.3 Å². The van der Waals surface area contributed by atoms with Gasteiger partial charge in [-0.15, -0.1) is 0 Å². The van der Waals surface area contributed by atoms with E-state index >= 15 is 0 Å². The van der Waals surface area contributed by atoms with Gasteiger partial charge in [0.15, 0.2) is 0 Å². The average molecular weight is 335 g/mol. The molecule has 130 valence electrons. The van der Waals surface area contributed by atoms with Crippen LogP contribution in [0.25, 0.3) is 0 Å². The number of piperidine rings is 1. The van der Waals surface area contributed by atoms with Crippen molar-refractivity contribution in [3.05, 3.63) is 0 Å². The number of hydrogen-bond donors (Lipinski definition) is 0. The molecule has 0 bridgehead atoms. The molecule has 0 aromatic rings. The van der Waals surface area contributed by atoms with Crippen molar-refractivity contribution in [1.82, 2.24) is 4.90 Å². The molecule has 0 spiro atoms. The number of hydrogen-bond acceptors (Lipinski definition) is 5. The Balaban J connectivity index is 2.66. The normalized spacial score (nSPS) is 23.4. The maximum atomic E-state index is 12.2. The zero-order chi connectivity index (χ0) is 17.0. The average Bonchev–Trinajstić information content (AvgIpc) is 2.35. The predicted octanol–water partition coefficient (Wildman–Crippen LogP) is 2.23. The van der Waals surface area contributed by atoms with E-state index in [1.165, 1.54) is 6.26 Å². The van der Waals surface area contributed by atoms with Gasteiger partial charge in [0, 0.05) is 12.8 Å². The zero-order valence-electron chi connectivity index (χ0n) is 14.3. The SMILES string of the molecule is CCC1(OCCS(C)(=O)=O)CCCN(C(=O)OC(C)(C)C)C1. The van der Waals surface area contributed by atoms with Gasteiger partial charge in [0.1, 0.15) is 15.4 Å². The summed E-state index contributed by atoms with van der Waals surface area (Å²) in [5.41, 5.74) is -1.000. The van der Waals surface area contributed by atoms with E-state index < -0.39 is 21.0 Å². The second-order valence-electron chi connectivity index (χ2n) is 7.02. The molecule has 0 N–H and O–H groups in total. The summed E-state index contributed by atoms with van der Waals surface area (Å²) in [6.07, 6.45) is 3.24. The molecule has 6 nitrogen and oxygen atoms in total. The van der Waals surface area contributed by atoms with Crippen LogP contribution < -0.4 is 0 Å². The highest BCUT2D eigenvalue weighted by molar-refractivity contribution is 7.90. The van der Waals surface area contributed by atoms with Crippen LogP contribution in [0.3, 0.4) is 0 Å². The summed E-state index contributed by atoms with van der Waals surface area (Å²) in [5, 5.41) is 0. The smallest absolute Gasteiger partial charge is 0.410 e. The van der Waals surface area contributed by atoms with Gasteiger partial charge in [-0.3, -0.25) is 0 Å². The highest BCUT2D eigenvalue weighted by Crippen LogP contribution is 2.29. The molecule has 1 aliphatic heterocycles. The van der Waals surface area contributed by atoms with Crippen LogP contribution in [-0.2, 0) is 19.3 Å². The highest BCUT2D eigenvalue weighted by Gasteiger charge is 2.38. The van der Waals surface area contributed by atoms with Gasteiger partial charge in [-0.05, 0) is 40.0 Å². The summed E-state index contributed by atoms with van der Waals surface area (Å²) in [4.78, 5) is 13.9. The van der Waals surface area contributed by atoms with E-state index in [-0.39, 0.29) is 18.5 Å². The molecular weight excluding hydrogens is 306 g/mol. The first-order valence-electron chi connectivity index (χ1n) is 7.76. The standard InChI is InChI=1S/C15H29NO5S/c1-6-15(20-10-11-22(5,18)19)8-7-9-16(12-15)13(17)21-14(2,3)4/h6-12H2,1-5H3. The number of carbonyl (C=O) groups is 1. The van der Waals surface area contributed by atoms with Crippen LogP contribution in [0.1, 0.15) is 47.0 Å². The third-order valence-corrected chi connectivity index (χ3v) is 4.61. The molecular formula is C15H29NO5S.